The average Bonchev–Trinajstić information content (AvgIpc) is 3.09. The lowest BCUT2D eigenvalue weighted by Crippen LogP contribution is -2.35. The molecule has 0 amide bonds. The Kier molecular flexibility index (Phi) is 5.96. The third-order valence-electron chi connectivity index (χ3n) is 4.51. The molecule has 0 saturated carbocycles. The summed E-state index contributed by atoms with van der Waals surface area (Å²) < 4.78 is 5.79. The van der Waals surface area contributed by atoms with E-state index in [-0.39, 0.29) is 6.10 Å². The van der Waals surface area contributed by atoms with Crippen molar-refractivity contribution in [3.8, 4) is 0 Å². The van der Waals surface area contributed by atoms with Crippen LogP contribution in [0.4, 0.5) is 0 Å². The van der Waals surface area contributed by atoms with Gasteiger partial charge in [-0.05, 0) is 37.0 Å². The first-order chi connectivity index (χ1) is 11.7. The maximum Gasteiger partial charge on any atom is 0.0917 e. The lowest BCUT2D eigenvalue weighted by atomic mass is 10.1. The van der Waals surface area contributed by atoms with Crippen molar-refractivity contribution in [1.82, 2.24) is 9.88 Å². The van der Waals surface area contributed by atoms with Gasteiger partial charge in [0.1, 0.15) is 0 Å². The predicted molar refractivity (Wildman–Crippen MR) is 94.6 cm³/mol. The molecule has 2 heterocycles. The second-order valence-electron chi connectivity index (χ2n) is 6.62. The quantitative estimate of drug-likeness (QED) is 0.849. The molecule has 2 aromatic rings. The molecule has 1 fully saturated rings. The van der Waals surface area contributed by atoms with Gasteiger partial charge >= 0.3 is 0 Å². The van der Waals surface area contributed by atoms with Crippen molar-refractivity contribution in [2.45, 2.75) is 38.5 Å². The van der Waals surface area contributed by atoms with Gasteiger partial charge in [0.25, 0.3) is 0 Å². The molecule has 1 N–H and O–H groups in total. The third kappa shape index (κ3) is 4.87. The van der Waals surface area contributed by atoms with Crippen molar-refractivity contribution in [1.29, 1.82) is 0 Å². The number of aliphatic hydroxyl groups is 1. The van der Waals surface area contributed by atoms with Crippen molar-refractivity contribution in [2.75, 3.05) is 19.7 Å². The van der Waals surface area contributed by atoms with E-state index in [1.807, 2.05) is 36.5 Å². The van der Waals surface area contributed by atoms with Gasteiger partial charge in [-0.25, -0.2) is 0 Å². The second kappa shape index (κ2) is 8.38. The van der Waals surface area contributed by atoms with Crippen LogP contribution in [0.5, 0.6) is 0 Å². The molecule has 24 heavy (non-hydrogen) atoms. The number of nitrogens with zero attached hydrogens (tertiary/aromatic N) is 2. The first-order valence-electron chi connectivity index (χ1n) is 8.68. The van der Waals surface area contributed by atoms with Crippen molar-refractivity contribution in [3.63, 3.8) is 0 Å². The van der Waals surface area contributed by atoms with Crippen LogP contribution in [0.3, 0.4) is 0 Å². The minimum absolute atomic E-state index is 0.270. The summed E-state index contributed by atoms with van der Waals surface area (Å²) in [5, 5.41) is 10.6. The molecule has 1 saturated heterocycles. The van der Waals surface area contributed by atoms with Crippen LogP contribution in [0.15, 0.2) is 48.8 Å². The van der Waals surface area contributed by atoms with Gasteiger partial charge in [-0.15, -0.1) is 0 Å². The molecule has 128 valence electrons. The Hall–Kier alpha value is -1.75. The fourth-order valence-electron chi connectivity index (χ4n) is 3.17. The van der Waals surface area contributed by atoms with E-state index >= 15 is 0 Å². The summed E-state index contributed by atoms with van der Waals surface area (Å²) >= 11 is 0. The van der Waals surface area contributed by atoms with Gasteiger partial charge < -0.3 is 9.84 Å². The average molecular weight is 326 g/mol. The highest BCUT2D eigenvalue weighted by molar-refractivity contribution is 5.23. The van der Waals surface area contributed by atoms with E-state index in [0.717, 1.165) is 43.7 Å². The molecular formula is C20H26N2O2. The molecule has 4 nitrogen and oxygen atoms in total. The van der Waals surface area contributed by atoms with E-state index in [9.17, 15) is 5.11 Å². The Morgan fingerprint density at radius 3 is 2.79 bits per heavy atom. The van der Waals surface area contributed by atoms with E-state index in [4.69, 9.17) is 4.74 Å². The number of hydrogen-bond donors (Lipinski definition) is 1. The van der Waals surface area contributed by atoms with Crippen LogP contribution in [0.2, 0.25) is 0 Å². The highest BCUT2D eigenvalue weighted by Crippen LogP contribution is 2.19. The Morgan fingerprint density at radius 2 is 2.12 bits per heavy atom. The monoisotopic (exact) mass is 326 g/mol. The Labute approximate surface area is 144 Å². The molecular weight excluding hydrogens is 300 g/mol. The summed E-state index contributed by atoms with van der Waals surface area (Å²) in [5.41, 5.74) is 3.33. The maximum absolute atomic E-state index is 10.6. The molecule has 2 atom stereocenters. The van der Waals surface area contributed by atoms with E-state index in [2.05, 4.69) is 22.9 Å². The van der Waals surface area contributed by atoms with E-state index in [1.54, 1.807) is 6.20 Å². The first-order valence-corrected chi connectivity index (χ1v) is 8.68. The number of hydrogen-bond acceptors (Lipinski definition) is 4. The molecule has 2 unspecified atom stereocenters. The number of benzene rings is 1. The van der Waals surface area contributed by atoms with Crippen molar-refractivity contribution >= 4 is 0 Å². The first kappa shape index (κ1) is 17.1. The van der Waals surface area contributed by atoms with Crippen LogP contribution in [0.25, 0.3) is 0 Å². The van der Waals surface area contributed by atoms with Crippen LogP contribution in [-0.2, 0) is 11.3 Å². The van der Waals surface area contributed by atoms with Crippen LogP contribution in [0.1, 0.15) is 35.6 Å². The van der Waals surface area contributed by atoms with E-state index in [0.29, 0.717) is 6.54 Å². The van der Waals surface area contributed by atoms with Crippen molar-refractivity contribution in [2.24, 2.45) is 0 Å². The van der Waals surface area contributed by atoms with Crippen LogP contribution >= 0.6 is 0 Å². The summed E-state index contributed by atoms with van der Waals surface area (Å²) in [6, 6.07) is 12.1. The number of pyridine rings is 1. The zero-order valence-corrected chi connectivity index (χ0v) is 14.3. The van der Waals surface area contributed by atoms with Crippen molar-refractivity contribution < 1.29 is 9.84 Å². The molecule has 4 heteroatoms. The highest BCUT2D eigenvalue weighted by Gasteiger charge is 2.21. The number of aliphatic hydroxyl groups excluding tert-OH is 1. The van der Waals surface area contributed by atoms with Gasteiger partial charge in [0, 0.05) is 38.6 Å². The molecule has 1 aromatic heterocycles. The fraction of sp³-hybridized carbons (Fsp3) is 0.450. The topological polar surface area (TPSA) is 45.6 Å². The summed E-state index contributed by atoms with van der Waals surface area (Å²) in [6.45, 7) is 5.13. The number of aryl methyl sites for hydroxylation is 1. The SMILES string of the molecule is Cc1ccc(C(O)CN(Cc2cccnc2)CC2CCCO2)cc1. The number of aromatic nitrogens is 1. The van der Waals surface area contributed by atoms with Gasteiger partial charge in [-0.2, -0.15) is 0 Å². The predicted octanol–water partition coefficient (Wildman–Crippen LogP) is 3.10. The smallest absolute Gasteiger partial charge is 0.0917 e. The van der Waals surface area contributed by atoms with Gasteiger partial charge in [0.05, 0.1) is 12.2 Å². The molecule has 0 radical (unpaired) electrons. The largest absolute Gasteiger partial charge is 0.387 e. The molecule has 0 spiro atoms. The van der Waals surface area contributed by atoms with Gasteiger partial charge in [0.15, 0.2) is 0 Å². The number of rotatable bonds is 7. The summed E-state index contributed by atoms with van der Waals surface area (Å²) in [5.74, 6) is 0. The Bertz CT molecular complexity index is 609. The molecule has 3 rings (SSSR count). The Morgan fingerprint density at radius 1 is 1.29 bits per heavy atom. The minimum Gasteiger partial charge on any atom is -0.387 e. The lowest BCUT2D eigenvalue weighted by Gasteiger charge is -2.27. The summed E-state index contributed by atoms with van der Waals surface area (Å²) in [4.78, 5) is 6.47. The molecule has 0 bridgehead atoms. The van der Waals surface area contributed by atoms with Gasteiger partial charge in [0.2, 0.25) is 0 Å². The van der Waals surface area contributed by atoms with Crippen LogP contribution < -0.4 is 0 Å². The van der Waals surface area contributed by atoms with Gasteiger partial charge in [-0.3, -0.25) is 9.88 Å². The van der Waals surface area contributed by atoms with E-state index < -0.39 is 6.10 Å². The molecule has 1 aromatic carbocycles. The van der Waals surface area contributed by atoms with Crippen molar-refractivity contribution in [3.05, 3.63) is 65.5 Å². The molecule has 1 aliphatic rings. The van der Waals surface area contributed by atoms with Crippen LogP contribution in [0, 0.1) is 6.92 Å². The Balaban J connectivity index is 1.67. The molecule has 0 aliphatic carbocycles. The zero-order valence-electron chi connectivity index (χ0n) is 14.3. The number of ether oxygens (including phenoxy) is 1. The second-order valence-corrected chi connectivity index (χ2v) is 6.62. The summed E-state index contributed by atoms with van der Waals surface area (Å²) in [6.07, 6.45) is 5.68. The van der Waals surface area contributed by atoms with E-state index in [1.165, 1.54) is 5.56 Å². The fourth-order valence-corrected chi connectivity index (χ4v) is 3.17. The highest BCUT2D eigenvalue weighted by atomic mass is 16.5. The summed E-state index contributed by atoms with van der Waals surface area (Å²) in [7, 11) is 0. The lowest BCUT2D eigenvalue weighted by molar-refractivity contribution is 0.0460. The third-order valence-corrected chi connectivity index (χ3v) is 4.51. The molecule has 1 aliphatic heterocycles. The normalized spacial score (nSPS) is 18.9. The minimum atomic E-state index is -0.497. The standard InChI is InChI=1S/C20H26N2O2/c1-16-6-8-18(9-7-16)20(23)15-22(14-19-5-3-11-24-19)13-17-4-2-10-21-12-17/h2,4,6-10,12,19-20,23H,3,5,11,13-15H2,1H3. The van der Waals surface area contributed by atoms with Crippen LogP contribution in [-0.4, -0.2) is 40.8 Å². The van der Waals surface area contributed by atoms with Gasteiger partial charge in [-0.1, -0.05) is 35.9 Å². The maximum atomic E-state index is 10.6. The zero-order chi connectivity index (χ0) is 16.8.